The summed E-state index contributed by atoms with van der Waals surface area (Å²) >= 11 is 0. The average Bonchev–Trinajstić information content (AvgIpc) is 2.95. The van der Waals surface area contributed by atoms with Crippen molar-refractivity contribution in [2.45, 2.75) is 43.2 Å². The SMILES string of the molecule is CN(CC1CCCCO1)S(=O)(=O)c1cnn(CCCN)c1. The van der Waals surface area contributed by atoms with Gasteiger partial charge in [-0.3, -0.25) is 4.68 Å². The molecule has 1 unspecified atom stereocenters. The predicted molar refractivity (Wildman–Crippen MR) is 79.3 cm³/mol. The number of likely N-dealkylation sites (N-methyl/N-ethyl adjacent to an activating group) is 1. The van der Waals surface area contributed by atoms with Gasteiger partial charge in [-0.2, -0.15) is 9.40 Å². The summed E-state index contributed by atoms with van der Waals surface area (Å²) < 4.78 is 33.5. The van der Waals surface area contributed by atoms with Crippen molar-refractivity contribution in [2.75, 3.05) is 26.7 Å². The van der Waals surface area contributed by atoms with Crippen molar-refractivity contribution in [1.29, 1.82) is 0 Å². The quantitative estimate of drug-likeness (QED) is 0.787. The molecule has 0 amide bonds. The molecule has 2 heterocycles. The Bertz CT molecular complexity index is 537. The van der Waals surface area contributed by atoms with Crippen LogP contribution in [-0.2, 0) is 21.3 Å². The van der Waals surface area contributed by atoms with Gasteiger partial charge in [-0.15, -0.1) is 0 Å². The van der Waals surface area contributed by atoms with E-state index in [4.69, 9.17) is 10.5 Å². The highest BCUT2D eigenvalue weighted by Gasteiger charge is 2.26. The van der Waals surface area contributed by atoms with E-state index in [0.29, 0.717) is 19.6 Å². The number of aryl methyl sites for hydroxylation is 1. The molecule has 8 heteroatoms. The molecule has 0 spiro atoms. The zero-order valence-electron chi connectivity index (χ0n) is 12.4. The number of nitrogens with zero attached hydrogens (tertiary/aromatic N) is 3. The first-order chi connectivity index (χ1) is 10.0. The number of sulfonamides is 1. The molecule has 1 fully saturated rings. The van der Waals surface area contributed by atoms with Gasteiger partial charge in [-0.25, -0.2) is 8.42 Å². The van der Waals surface area contributed by atoms with Crippen molar-refractivity contribution in [2.24, 2.45) is 5.73 Å². The maximum Gasteiger partial charge on any atom is 0.246 e. The molecule has 1 saturated heterocycles. The number of ether oxygens (including phenoxy) is 1. The fourth-order valence-corrected chi connectivity index (χ4v) is 3.53. The van der Waals surface area contributed by atoms with Crippen molar-refractivity contribution >= 4 is 10.0 Å². The molecule has 0 saturated carbocycles. The maximum absolute atomic E-state index is 12.5. The molecule has 1 aromatic rings. The molecule has 120 valence electrons. The van der Waals surface area contributed by atoms with Crippen LogP contribution in [0.5, 0.6) is 0 Å². The van der Waals surface area contributed by atoms with Crippen LogP contribution in [0.25, 0.3) is 0 Å². The second-order valence-electron chi connectivity index (χ2n) is 5.36. The normalized spacial score (nSPS) is 20.0. The summed E-state index contributed by atoms with van der Waals surface area (Å²) in [7, 11) is -1.92. The summed E-state index contributed by atoms with van der Waals surface area (Å²) in [6, 6.07) is 0. The van der Waals surface area contributed by atoms with E-state index in [1.165, 1.54) is 10.5 Å². The summed E-state index contributed by atoms with van der Waals surface area (Å²) in [5, 5.41) is 4.07. The van der Waals surface area contributed by atoms with E-state index in [2.05, 4.69) is 5.10 Å². The Morgan fingerprint density at radius 1 is 1.52 bits per heavy atom. The fourth-order valence-electron chi connectivity index (χ4n) is 2.37. The summed E-state index contributed by atoms with van der Waals surface area (Å²) in [6.07, 6.45) is 6.78. The van der Waals surface area contributed by atoms with E-state index < -0.39 is 10.0 Å². The second kappa shape index (κ2) is 7.35. The van der Waals surface area contributed by atoms with Crippen LogP contribution in [0.15, 0.2) is 17.3 Å². The highest BCUT2D eigenvalue weighted by Crippen LogP contribution is 2.18. The highest BCUT2D eigenvalue weighted by molar-refractivity contribution is 7.89. The summed E-state index contributed by atoms with van der Waals surface area (Å²) in [5.74, 6) is 0. The van der Waals surface area contributed by atoms with Crippen LogP contribution in [0.2, 0.25) is 0 Å². The van der Waals surface area contributed by atoms with Gasteiger partial charge >= 0.3 is 0 Å². The molecule has 1 aliphatic heterocycles. The third kappa shape index (κ3) is 4.26. The van der Waals surface area contributed by atoms with Gasteiger partial charge in [0.1, 0.15) is 4.90 Å². The minimum absolute atomic E-state index is 0.00851. The number of hydrogen-bond acceptors (Lipinski definition) is 5. The van der Waals surface area contributed by atoms with Crippen LogP contribution in [0, 0.1) is 0 Å². The first kappa shape index (κ1) is 16.4. The van der Waals surface area contributed by atoms with E-state index in [1.807, 2.05) is 0 Å². The molecular formula is C13H24N4O3S. The number of rotatable bonds is 7. The third-order valence-corrected chi connectivity index (χ3v) is 5.42. The highest BCUT2D eigenvalue weighted by atomic mass is 32.2. The van der Waals surface area contributed by atoms with Crippen molar-refractivity contribution < 1.29 is 13.2 Å². The Kier molecular flexibility index (Phi) is 5.74. The number of aromatic nitrogens is 2. The zero-order chi connectivity index (χ0) is 15.3. The van der Waals surface area contributed by atoms with Gasteiger partial charge in [-0.05, 0) is 32.2 Å². The monoisotopic (exact) mass is 316 g/mol. The van der Waals surface area contributed by atoms with Gasteiger partial charge in [0, 0.05) is 32.9 Å². The fraction of sp³-hybridized carbons (Fsp3) is 0.769. The van der Waals surface area contributed by atoms with E-state index in [1.54, 1.807) is 17.9 Å². The van der Waals surface area contributed by atoms with Gasteiger partial charge < -0.3 is 10.5 Å². The molecule has 1 aliphatic rings. The summed E-state index contributed by atoms with van der Waals surface area (Å²) in [4.78, 5) is 0.220. The molecule has 0 aromatic carbocycles. The van der Waals surface area contributed by atoms with E-state index in [-0.39, 0.29) is 11.0 Å². The third-order valence-electron chi connectivity index (χ3n) is 3.64. The smallest absolute Gasteiger partial charge is 0.246 e. The van der Waals surface area contributed by atoms with Gasteiger partial charge in [0.15, 0.2) is 0 Å². The molecule has 0 bridgehead atoms. The van der Waals surface area contributed by atoms with Crippen LogP contribution < -0.4 is 5.73 Å². The maximum atomic E-state index is 12.5. The van der Waals surface area contributed by atoms with Gasteiger partial charge in [-0.1, -0.05) is 0 Å². The van der Waals surface area contributed by atoms with E-state index in [9.17, 15) is 8.42 Å². The second-order valence-corrected chi connectivity index (χ2v) is 7.40. The lowest BCUT2D eigenvalue weighted by molar-refractivity contribution is 0.00858. The van der Waals surface area contributed by atoms with Gasteiger partial charge in [0.25, 0.3) is 0 Å². The van der Waals surface area contributed by atoms with Crippen molar-refractivity contribution in [3.8, 4) is 0 Å². The largest absolute Gasteiger partial charge is 0.377 e. The first-order valence-corrected chi connectivity index (χ1v) is 8.78. The van der Waals surface area contributed by atoms with Gasteiger partial charge in [0.2, 0.25) is 10.0 Å². The lowest BCUT2D eigenvalue weighted by atomic mass is 10.1. The van der Waals surface area contributed by atoms with Crippen molar-refractivity contribution in [3.63, 3.8) is 0 Å². The molecule has 0 aliphatic carbocycles. The number of hydrogen-bond donors (Lipinski definition) is 1. The summed E-state index contributed by atoms with van der Waals surface area (Å²) in [5.41, 5.74) is 5.44. The summed E-state index contributed by atoms with van der Waals surface area (Å²) in [6.45, 7) is 2.29. The van der Waals surface area contributed by atoms with Crippen LogP contribution in [0.4, 0.5) is 0 Å². The van der Waals surface area contributed by atoms with Crippen LogP contribution in [-0.4, -0.2) is 55.4 Å². The lowest BCUT2D eigenvalue weighted by Gasteiger charge is -2.26. The molecule has 7 nitrogen and oxygen atoms in total. The molecule has 1 aromatic heterocycles. The van der Waals surface area contributed by atoms with Crippen LogP contribution in [0.3, 0.4) is 0 Å². The average molecular weight is 316 g/mol. The van der Waals surface area contributed by atoms with Crippen molar-refractivity contribution in [3.05, 3.63) is 12.4 Å². The molecule has 2 rings (SSSR count). The van der Waals surface area contributed by atoms with Crippen LogP contribution >= 0.6 is 0 Å². The molecular weight excluding hydrogens is 292 g/mol. The Hall–Kier alpha value is -0.960. The Morgan fingerprint density at radius 2 is 2.33 bits per heavy atom. The molecule has 21 heavy (non-hydrogen) atoms. The van der Waals surface area contributed by atoms with Crippen LogP contribution in [0.1, 0.15) is 25.7 Å². The molecule has 1 atom stereocenters. The zero-order valence-corrected chi connectivity index (χ0v) is 13.3. The lowest BCUT2D eigenvalue weighted by Crippen LogP contribution is -2.37. The Labute approximate surface area is 126 Å². The van der Waals surface area contributed by atoms with Gasteiger partial charge in [0.05, 0.1) is 12.3 Å². The minimum atomic E-state index is -3.50. The molecule has 2 N–H and O–H groups in total. The van der Waals surface area contributed by atoms with Crippen molar-refractivity contribution in [1.82, 2.24) is 14.1 Å². The predicted octanol–water partition coefficient (Wildman–Crippen LogP) is 0.422. The minimum Gasteiger partial charge on any atom is -0.377 e. The number of nitrogens with two attached hydrogens (primary N) is 1. The first-order valence-electron chi connectivity index (χ1n) is 7.34. The topological polar surface area (TPSA) is 90.5 Å². The van der Waals surface area contributed by atoms with E-state index >= 15 is 0 Å². The van der Waals surface area contributed by atoms with E-state index in [0.717, 1.165) is 32.3 Å². The Morgan fingerprint density at radius 3 is 3.00 bits per heavy atom. The molecule has 0 radical (unpaired) electrons. The Balaban J connectivity index is 2.00. The standard InChI is InChI=1S/C13H24N4O3S/c1-16(10-12-5-2-3-8-20-12)21(18,19)13-9-15-17(11-13)7-4-6-14/h9,11-12H,2-8,10,14H2,1H3.